The van der Waals surface area contributed by atoms with Crippen molar-refractivity contribution in [3.05, 3.63) is 24.3 Å². The fourth-order valence-corrected chi connectivity index (χ4v) is 1.95. The molecule has 0 bridgehead atoms. The molecular weight excluding hydrogens is 222 g/mol. The first-order chi connectivity index (χ1) is 8.17. The van der Waals surface area contributed by atoms with Gasteiger partial charge in [0.15, 0.2) is 0 Å². The Bertz CT molecular complexity index is 403. The van der Waals surface area contributed by atoms with Gasteiger partial charge in [-0.3, -0.25) is 4.79 Å². The number of aliphatic hydroxyl groups excluding tert-OH is 2. The Balaban J connectivity index is 2.16. The van der Waals surface area contributed by atoms with Gasteiger partial charge in [0.1, 0.15) is 5.75 Å². The average Bonchev–Trinajstić information content (AvgIpc) is 2.35. The van der Waals surface area contributed by atoms with Crippen molar-refractivity contribution in [3.8, 4) is 5.75 Å². The maximum absolute atomic E-state index is 11.5. The molecule has 1 aliphatic heterocycles. The van der Waals surface area contributed by atoms with E-state index in [0.717, 1.165) is 0 Å². The molecular formula is C12H15NO4. The van der Waals surface area contributed by atoms with Crippen LogP contribution in [-0.4, -0.2) is 42.0 Å². The van der Waals surface area contributed by atoms with Crippen molar-refractivity contribution in [2.45, 2.75) is 18.6 Å². The molecule has 1 heterocycles. The summed E-state index contributed by atoms with van der Waals surface area (Å²) >= 11 is 0. The summed E-state index contributed by atoms with van der Waals surface area (Å²) in [4.78, 5) is 13.0. The maximum atomic E-state index is 11.5. The molecule has 0 radical (unpaired) electrons. The van der Waals surface area contributed by atoms with Gasteiger partial charge < -0.3 is 19.8 Å². The van der Waals surface area contributed by atoms with E-state index < -0.39 is 6.10 Å². The molecule has 0 aromatic heterocycles. The summed E-state index contributed by atoms with van der Waals surface area (Å²) in [5, 5.41) is 18.5. The standard InChI is InChI=1S/C12H15NO4/c1-17-9-4-2-8(3-5-9)13-10(6-12(13)16)11(15)7-14/h2-5,10-11,14-15H,6-7H2,1H3/t10-,11-/m1/s1. The Morgan fingerprint density at radius 1 is 1.47 bits per heavy atom. The molecule has 0 saturated carbocycles. The van der Waals surface area contributed by atoms with Crippen LogP contribution >= 0.6 is 0 Å². The molecule has 0 aliphatic carbocycles. The number of anilines is 1. The van der Waals surface area contributed by atoms with Crippen LogP contribution in [0.5, 0.6) is 5.75 Å². The summed E-state index contributed by atoms with van der Waals surface area (Å²) in [5.41, 5.74) is 0.708. The monoisotopic (exact) mass is 237 g/mol. The van der Waals surface area contributed by atoms with Crippen LogP contribution in [0.1, 0.15) is 6.42 Å². The van der Waals surface area contributed by atoms with Gasteiger partial charge >= 0.3 is 0 Å². The Kier molecular flexibility index (Phi) is 3.31. The molecule has 92 valence electrons. The molecule has 2 atom stereocenters. The molecule has 1 aromatic carbocycles. The van der Waals surface area contributed by atoms with Crippen molar-refractivity contribution in [3.63, 3.8) is 0 Å². The first-order valence-corrected chi connectivity index (χ1v) is 5.42. The van der Waals surface area contributed by atoms with Crippen molar-refractivity contribution in [2.24, 2.45) is 0 Å². The zero-order valence-corrected chi connectivity index (χ0v) is 9.54. The van der Waals surface area contributed by atoms with Crippen LogP contribution in [0, 0.1) is 0 Å². The third-order valence-electron chi connectivity index (χ3n) is 2.97. The van der Waals surface area contributed by atoms with Gasteiger partial charge in [-0.1, -0.05) is 0 Å². The smallest absolute Gasteiger partial charge is 0.229 e. The Hall–Kier alpha value is -1.59. The largest absolute Gasteiger partial charge is 0.497 e. The molecule has 2 rings (SSSR count). The van der Waals surface area contributed by atoms with Crippen LogP contribution in [0.4, 0.5) is 5.69 Å². The number of β-lactam (4-membered cyclic amide) rings is 1. The Labute approximate surface area is 99.2 Å². The number of ether oxygens (including phenoxy) is 1. The van der Waals surface area contributed by atoms with Gasteiger partial charge in [-0.25, -0.2) is 0 Å². The molecule has 1 aliphatic rings. The SMILES string of the molecule is COc1ccc(N2C(=O)C[C@@H]2[C@H](O)CO)cc1. The molecule has 0 unspecified atom stereocenters. The highest BCUT2D eigenvalue weighted by Gasteiger charge is 2.41. The zero-order valence-electron chi connectivity index (χ0n) is 9.54. The summed E-state index contributed by atoms with van der Waals surface area (Å²) in [7, 11) is 1.57. The van der Waals surface area contributed by atoms with E-state index in [1.807, 2.05) is 0 Å². The number of carbonyl (C=O) groups is 1. The molecule has 1 fully saturated rings. The maximum Gasteiger partial charge on any atom is 0.229 e. The van der Waals surface area contributed by atoms with E-state index in [1.54, 1.807) is 31.4 Å². The van der Waals surface area contributed by atoms with Gasteiger partial charge in [-0.05, 0) is 24.3 Å². The van der Waals surface area contributed by atoms with Crippen molar-refractivity contribution in [1.29, 1.82) is 0 Å². The summed E-state index contributed by atoms with van der Waals surface area (Å²) in [6.07, 6.45) is -0.622. The summed E-state index contributed by atoms with van der Waals surface area (Å²) in [6, 6.07) is 6.69. The highest BCUT2D eigenvalue weighted by atomic mass is 16.5. The minimum absolute atomic E-state index is 0.0485. The van der Waals surface area contributed by atoms with Crippen molar-refractivity contribution in [2.75, 3.05) is 18.6 Å². The number of hydrogen-bond acceptors (Lipinski definition) is 4. The van der Waals surface area contributed by atoms with Crippen LogP contribution in [0.25, 0.3) is 0 Å². The number of hydrogen-bond donors (Lipinski definition) is 2. The van der Waals surface area contributed by atoms with Crippen molar-refractivity contribution < 1.29 is 19.7 Å². The van der Waals surface area contributed by atoms with Crippen LogP contribution in [-0.2, 0) is 4.79 Å². The van der Waals surface area contributed by atoms with Crippen LogP contribution in [0.2, 0.25) is 0 Å². The Morgan fingerprint density at radius 2 is 2.12 bits per heavy atom. The molecule has 1 aromatic rings. The van der Waals surface area contributed by atoms with Gasteiger partial charge in [-0.2, -0.15) is 0 Å². The van der Waals surface area contributed by atoms with Gasteiger partial charge in [0, 0.05) is 5.69 Å². The first kappa shape index (κ1) is 11.9. The zero-order chi connectivity index (χ0) is 12.4. The topological polar surface area (TPSA) is 70.0 Å². The predicted octanol–water partition coefficient (Wildman–Crippen LogP) is 0.154. The van der Waals surface area contributed by atoms with Gasteiger partial charge in [0.25, 0.3) is 0 Å². The summed E-state index contributed by atoms with van der Waals surface area (Å²) in [5.74, 6) is 0.661. The van der Waals surface area contributed by atoms with E-state index in [-0.39, 0.29) is 25.0 Å². The molecule has 1 amide bonds. The molecule has 5 heteroatoms. The fraction of sp³-hybridized carbons (Fsp3) is 0.417. The van der Waals surface area contributed by atoms with Gasteiger partial charge in [0.2, 0.25) is 5.91 Å². The van der Waals surface area contributed by atoms with E-state index in [2.05, 4.69) is 0 Å². The van der Waals surface area contributed by atoms with Crippen molar-refractivity contribution >= 4 is 11.6 Å². The highest BCUT2D eigenvalue weighted by Crippen LogP contribution is 2.30. The molecule has 1 saturated heterocycles. The van der Waals surface area contributed by atoms with Crippen LogP contribution < -0.4 is 9.64 Å². The van der Waals surface area contributed by atoms with E-state index in [1.165, 1.54) is 4.90 Å². The first-order valence-electron chi connectivity index (χ1n) is 5.42. The number of amides is 1. The van der Waals surface area contributed by atoms with Crippen molar-refractivity contribution in [1.82, 2.24) is 0 Å². The second-order valence-electron chi connectivity index (χ2n) is 3.98. The molecule has 0 spiro atoms. The third-order valence-corrected chi connectivity index (χ3v) is 2.97. The van der Waals surface area contributed by atoms with E-state index in [0.29, 0.717) is 11.4 Å². The second-order valence-corrected chi connectivity index (χ2v) is 3.98. The average molecular weight is 237 g/mol. The van der Waals surface area contributed by atoms with E-state index >= 15 is 0 Å². The van der Waals surface area contributed by atoms with Crippen LogP contribution in [0.15, 0.2) is 24.3 Å². The predicted molar refractivity (Wildman–Crippen MR) is 62.0 cm³/mol. The number of carbonyl (C=O) groups excluding carboxylic acids is 1. The third kappa shape index (κ3) is 2.11. The molecule has 5 nitrogen and oxygen atoms in total. The van der Waals surface area contributed by atoms with E-state index in [9.17, 15) is 9.90 Å². The number of rotatable bonds is 4. The van der Waals surface area contributed by atoms with Crippen LogP contribution in [0.3, 0.4) is 0 Å². The molecule has 2 N–H and O–H groups in total. The highest BCUT2D eigenvalue weighted by molar-refractivity contribution is 6.01. The second kappa shape index (κ2) is 4.73. The lowest BCUT2D eigenvalue weighted by Crippen LogP contribution is -2.59. The number of methoxy groups -OCH3 is 1. The quantitative estimate of drug-likeness (QED) is 0.731. The fourth-order valence-electron chi connectivity index (χ4n) is 1.95. The number of aliphatic hydroxyl groups is 2. The Morgan fingerprint density at radius 3 is 2.59 bits per heavy atom. The van der Waals surface area contributed by atoms with Gasteiger partial charge in [-0.15, -0.1) is 0 Å². The number of benzene rings is 1. The van der Waals surface area contributed by atoms with E-state index in [4.69, 9.17) is 9.84 Å². The summed E-state index contributed by atoms with van der Waals surface area (Å²) in [6.45, 7) is -0.343. The minimum atomic E-state index is -0.894. The lowest BCUT2D eigenvalue weighted by atomic mass is 9.95. The molecule has 17 heavy (non-hydrogen) atoms. The lowest BCUT2D eigenvalue weighted by molar-refractivity contribution is -0.126. The van der Waals surface area contributed by atoms with Gasteiger partial charge in [0.05, 0.1) is 32.3 Å². The normalized spacial score (nSPS) is 21.0. The lowest BCUT2D eigenvalue weighted by Gasteiger charge is -2.42. The number of nitrogens with zero attached hydrogens (tertiary/aromatic N) is 1. The minimum Gasteiger partial charge on any atom is -0.497 e. The summed E-state index contributed by atoms with van der Waals surface area (Å²) < 4.78 is 5.03.